The first-order valence-electron chi connectivity index (χ1n) is 8.97. The van der Waals surface area contributed by atoms with Gasteiger partial charge in [0.25, 0.3) is 0 Å². The van der Waals surface area contributed by atoms with Crippen LogP contribution in [0, 0.1) is 28.6 Å². The lowest BCUT2D eigenvalue weighted by Gasteiger charge is -2.55. The van der Waals surface area contributed by atoms with Crippen molar-refractivity contribution in [2.45, 2.75) is 58.8 Å². The molecule has 5 atom stereocenters. The SMILES string of the molecule is C[C@@]1(CO)CCC2=C1CC[C@H]1[C@H]2CC[C@H]2CC(=O)OC[C@@]21C. The second-order valence-electron chi connectivity index (χ2n) is 8.62. The molecule has 0 bridgehead atoms. The monoisotopic (exact) mass is 304 g/mol. The predicted octanol–water partition coefficient (Wildman–Crippen LogP) is 3.46. The molecule has 3 nitrogen and oxygen atoms in total. The number of fused-ring (bicyclic) bond motifs is 4. The van der Waals surface area contributed by atoms with E-state index >= 15 is 0 Å². The molecule has 1 saturated heterocycles. The molecule has 2 fully saturated rings. The molecule has 1 saturated carbocycles. The highest BCUT2D eigenvalue weighted by Crippen LogP contribution is 2.61. The molecule has 3 aliphatic carbocycles. The number of ether oxygens (including phenoxy) is 1. The van der Waals surface area contributed by atoms with Crippen molar-refractivity contribution in [1.29, 1.82) is 0 Å². The molecule has 1 aliphatic heterocycles. The third-order valence-corrected chi connectivity index (χ3v) is 7.61. The Balaban J connectivity index is 1.67. The third kappa shape index (κ3) is 1.87. The van der Waals surface area contributed by atoms with Crippen molar-refractivity contribution in [3.8, 4) is 0 Å². The molecule has 0 amide bonds. The summed E-state index contributed by atoms with van der Waals surface area (Å²) in [5.74, 6) is 1.86. The number of esters is 1. The van der Waals surface area contributed by atoms with Crippen molar-refractivity contribution in [3.63, 3.8) is 0 Å². The van der Waals surface area contributed by atoms with E-state index in [9.17, 15) is 9.90 Å². The van der Waals surface area contributed by atoms with Crippen LogP contribution in [0.25, 0.3) is 0 Å². The molecule has 0 aromatic rings. The van der Waals surface area contributed by atoms with Crippen molar-refractivity contribution in [2.24, 2.45) is 28.6 Å². The molecule has 122 valence electrons. The largest absolute Gasteiger partial charge is 0.465 e. The van der Waals surface area contributed by atoms with Gasteiger partial charge >= 0.3 is 5.97 Å². The summed E-state index contributed by atoms with van der Waals surface area (Å²) >= 11 is 0. The summed E-state index contributed by atoms with van der Waals surface area (Å²) in [6, 6.07) is 0. The molecule has 0 radical (unpaired) electrons. The van der Waals surface area contributed by atoms with Crippen LogP contribution in [0.5, 0.6) is 0 Å². The molecule has 0 aromatic heterocycles. The zero-order valence-corrected chi connectivity index (χ0v) is 13.9. The van der Waals surface area contributed by atoms with Crippen LogP contribution in [0.3, 0.4) is 0 Å². The van der Waals surface area contributed by atoms with Crippen LogP contribution < -0.4 is 0 Å². The quantitative estimate of drug-likeness (QED) is 0.596. The maximum Gasteiger partial charge on any atom is 0.306 e. The summed E-state index contributed by atoms with van der Waals surface area (Å²) in [5, 5.41) is 9.84. The highest BCUT2D eigenvalue weighted by Gasteiger charge is 2.55. The van der Waals surface area contributed by atoms with E-state index in [1.54, 1.807) is 11.1 Å². The van der Waals surface area contributed by atoms with E-state index in [1.807, 2.05) is 0 Å². The molecule has 1 N–H and O–H groups in total. The number of cyclic esters (lactones) is 1. The fourth-order valence-electron chi connectivity index (χ4n) is 6.12. The van der Waals surface area contributed by atoms with Crippen molar-refractivity contribution in [3.05, 3.63) is 11.1 Å². The van der Waals surface area contributed by atoms with Gasteiger partial charge in [0.15, 0.2) is 0 Å². The van der Waals surface area contributed by atoms with Gasteiger partial charge in [-0.2, -0.15) is 0 Å². The smallest absolute Gasteiger partial charge is 0.306 e. The molecule has 0 aromatic carbocycles. The average Bonchev–Trinajstić information content (AvgIpc) is 2.86. The van der Waals surface area contributed by atoms with E-state index in [2.05, 4.69) is 13.8 Å². The minimum absolute atomic E-state index is 0.00496. The second-order valence-corrected chi connectivity index (χ2v) is 8.62. The predicted molar refractivity (Wildman–Crippen MR) is 84.1 cm³/mol. The first-order valence-corrected chi connectivity index (χ1v) is 8.97. The lowest BCUT2D eigenvalue weighted by atomic mass is 9.51. The Morgan fingerprint density at radius 2 is 2.05 bits per heavy atom. The first kappa shape index (κ1) is 14.7. The van der Waals surface area contributed by atoms with Gasteiger partial charge in [0.05, 0.1) is 13.2 Å². The van der Waals surface area contributed by atoms with Crippen LogP contribution in [-0.4, -0.2) is 24.3 Å². The zero-order valence-electron chi connectivity index (χ0n) is 13.9. The molecule has 4 rings (SSSR count). The summed E-state index contributed by atoms with van der Waals surface area (Å²) in [4.78, 5) is 11.7. The Morgan fingerprint density at radius 3 is 2.82 bits per heavy atom. The van der Waals surface area contributed by atoms with E-state index < -0.39 is 0 Å². The molecular formula is C19H28O3. The standard InChI is InChI=1S/C19H28O3/c1-18(10-20)8-7-14-13-4-3-12-9-17(21)22-11-19(12,2)16(13)6-5-15(14)18/h12-13,16,20H,3-11H2,1-2H3/t12-,13-,16-,18-,19-/m0/s1. The Morgan fingerprint density at radius 1 is 1.23 bits per heavy atom. The normalized spacial score (nSPS) is 47.6. The molecule has 1 heterocycles. The number of carbonyl (C=O) groups excluding carboxylic acids is 1. The Kier molecular flexibility index (Phi) is 3.24. The van der Waals surface area contributed by atoms with E-state index in [1.165, 1.54) is 25.7 Å². The zero-order chi connectivity index (χ0) is 15.5. The fraction of sp³-hybridized carbons (Fsp3) is 0.842. The van der Waals surface area contributed by atoms with Gasteiger partial charge in [-0.3, -0.25) is 4.79 Å². The molecule has 0 unspecified atom stereocenters. The summed E-state index contributed by atoms with van der Waals surface area (Å²) in [6.07, 6.45) is 7.67. The van der Waals surface area contributed by atoms with Crippen LogP contribution in [0.1, 0.15) is 58.8 Å². The molecule has 4 aliphatic rings. The van der Waals surface area contributed by atoms with Gasteiger partial charge in [0.2, 0.25) is 0 Å². The number of aliphatic hydroxyl groups excluding tert-OH is 1. The highest BCUT2D eigenvalue weighted by molar-refractivity contribution is 5.70. The maximum absolute atomic E-state index is 11.7. The highest BCUT2D eigenvalue weighted by atomic mass is 16.5. The number of hydrogen-bond acceptors (Lipinski definition) is 3. The minimum atomic E-state index is 0.00496. The number of allylic oxidation sites excluding steroid dienone is 1. The Hall–Kier alpha value is -0.830. The first-order chi connectivity index (χ1) is 10.5. The molecule has 22 heavy (non-hydrogen) atoms. The summed E-state index contributed by atoms with van der Waals surface area (Å²) in [7, 11) is 0. The van der Waals surface area contributed by atoms with Crippen LogP contribution in [0.15, 0.2) is 11.1 Å². The second kappa shape index (κ2) is 4.83. The number of rotatable bonds is 1. The van der Waals surface area contributed by atoms with Crippen LogP contribution in [0.4, 0.5) is 0 Å². The van der Waals surface area contributed by atoms with Gasteiger partial charge in [-0.05, 0) is 56.3 Å². The number of aliphatic hydroxyl groups is 1. The molecular weight excluding hydrogens is 276 g/mol. The maximum atomic E-state index is 11.7. The Bertz CT molecular complexity index is 537. The van der Waals surface area contributed by atoms with Gasteiger partial charge in [-0.15, -0.1) is 0 Å². The topological polar surface area (TPSA) is 46.5 Å². The Labute approximate surface area is 133 Å². The summed E-state index contributed by atoms with van der Waals surface area (Å²) < 4.78 is 5.48. The fourth-order valence-corrected chi connectivity index (χ4v) is 6.12. The van der Waals surface area contributed by atoms with Gasteiger partial charge in [-0.1, -0.05) is 25.0 Å². The third-order valence-electron chi connectivity index (χ3n) is 7.61. The van der Waals surface area contributed by atoms with Crippen LogP contribution in [-0.2, 0) is 9.53 Å². The van der Waals surface area contributed by atoms with Crippen molar-refractivity contribution < 1.29 is 14.6 Å². The summed E-state index contributed by atoms with van der Waals surface area (Å²) in [5.41, 5.74) is 3.46. The van der Waals surface area contributed by atoms with E-state index in [-0.39, 0.29) is 16.8 Å². The van der Waals surface area contributed by atoms with Gasteiger partial charge < -0.3 is 9.84 Å². The van der Waals surface area contributed by atoms with Gasteiger partial charge in [-0.25, -0.2) is 0 Å². The van der Waals surface area contributed by atoms with Crippen LogP contribution >= 0.6 is 0 Å². The minimum Gasteiger partial charge on any atom is -0.465 e. The van der Waals surface area contributed by atoms with Crippen molar-refractivity contribution >= 4 is 5.97 Å². The molecule has 3 heteroatoms. The van der Waals surface area contributed by atoms with E-state index in [0.29, 0.717) is 37.4 Å². The average molecular weight is 304 g/mol. The van der Waals surface area contributed by atoms with Crippen LogP contribution in [0.2, 0.25) is 0 Å². The molecule has 0 spiro atoms. The van der Waals surface area contributed by atoms with E-state index in [4.69, 9.17) is 4.74 Å². The van der Waals surface area contributed by atoms with Crippen molar-refractivity contribution in [1.82, 2.24) is 0 Å². The van der Waals surface area contributed by atoms with Crippen molar-refractivity contribution in [2.75, 3.05) is 13.2 Å². The van der Waals surface area contributed by atoms with E-state index in [0.717, 1.165) is 12.8 Å². The lowest BCUT2D eigenvalue weighted by molar-refractivity contribution is -0.170. The van der Waals surface area contributed by atoms with Gasteiger partial charge in [0.1, 0.15) is 0 Å². The lowest BCUT2D eigenvalue weighted by Crippen LogP contribution is -2.51. The number of hydrogen-bond donors (Lipinski definition) is 1. The number of carbonyl (C=O) groups is 1. The summed E-state index contributed by atoms with van der Waals surface area (Å²) in [6.45, 7) is 5.52. The van der Waals surface area contributed by atoms with Gasteiger partial charge in [0, 0.05) is 17.3 Å².